The van der Waals surface area contributed by atoms with Gasteiger partial charge in [-0.3, -0.25) is 9.69 Å². The summed E-state index contributed by atoms with van der Waals surface area (Å²) in [4.78, 5) is 37.5. The van der Waals surface area contributed by atoms with Crippen molar-refractivity contribution in [1.82, 2.24) is 19.8 Å². The molecule has 2 aliphatic heterocycles. The number of rotatable bonds is 4. The van der Waals surface area contributed by atoms with Crippen LogP contribution in [0.2, 0.25) is 0 Å². The molecule has 2 amide bonds. The number of hydrogen-bond donors (Lipinski definition) is 2. The molecule has 2 aromatic heterocycles. The van der Waals surface area contributed by atoms with Crippen molar-refractivity contribution < 1.29 is 28.9 Å². The van der Waals surface area contributed by atoms with Crippen molar-refractivity contribution in [3.63, 3.8) is 0 Å². The minimum Gasteiger partial charge on any atom is -0.494 e. The topological polar surface area (TPSA) is 117 Å². The lowest BCUT2D eigenvalue weighted by molar-refractivity contribution is -0.148. The first kappa shape index (κ1) is 27.9. The molecule has 1 saturated heterocycles. The van der Waals surface area contributed by atoms with Gasteiger partial charge in [0, 0.05) is 37.6 Å². The SMILES string of the molecule is COc1c[nH]c2ncc(-c3cc4c(c([C@@H]5COCCN5C(=O)OC(C)(C)C)c3)CN(C(=O)C(C)(C)O)CC4)cc12. The number of methoxy groups -OCH3 is 1. The van der Waals surface area contributed by atoms with Crippen molar-refractivity contribution in [1.29, 1.82) is 0 Å². The summed E-state index contributed by atoms with van der Waals surface area (Å²) in [5.41, 5.74) is 3.41. The average Bonchev–Trinajstić information content (AvgIpc) is 3.32. The lowest BCUT2D eigenvalue weighted by Gasteiger charge is -2.40. The summed E-state index contributed by atoms with van der Waals surface area (Å²) in [5, 5.41) is 11.3. The number of aromatic nitrogens is 2. The largest absolute Gasteiger partial charge is 0.494 e. The number of aliphatic hydroxyl groups is 1. The van der Waals surface area contributed by atoms with Crippen LogP contribution in [0, 0.1) is 0 Å². The van der Waals surface area contributed by atoms with Gasteiger partial charge in [-0.05, 0) is 75.4 Å². The summed E-state index contributed by atoms with van der Waals surface area (Å²) in [6.07, 6.45) is 3.81. The zero-order valence-corrected chi connectivity index (χ0v) is 24.0. The van der Waals surface area contributed by atoms with Gasteiger partial charge in [0.1, 0.15) is 22.6 Å². The molecule has 4 heterocycles. The van der Waals surface area contributed by atoms with Crippen LogP contribution in [-0.2, 0) is 27.2 Å². The van der Waals surface area contributed by atoms with E-state index in [-0.39, 0.29) is 5.91 Å². The second-order valence-electron chi connectivity index (χ2n) is 12.0. The van der Waals surface area contributed by atoms with Crippen molar-refractivity contribution in [3.8, 4) is 16.9 Å². The molecule has 2 N–H and O–H groups in total. The van der Waals surface area contributed by atoms with E-state index in [0.29, 0.717) is 45.0 Å². The number of pyridine rings is 1. The molecule has 1 aromatic carbocycles. The summed E-state index contributed by atoms with van der Waals surface area (Å²) in [5.74, 6) is 0.381. The number of nitrogens with zero attached hydrogens (tertiary/aromatic N) is 3. The zero-order chi connectivity index (χ0) is 28.8. The molecule has 0 unspecified atom stereocenters. The van der Waals surface area contributed by atoms with Gasteiger partial charge in [-0.15, -0.1) is 0 Å². The fourth-order valence-corrected chi connectivity index (χ4v) is 5.43. The number of morpholine rings is 1. The summed E-state index contributed by atoms with van der Waals surface area (Å²) < 4.78 is 17.2. The fraction of sp³-hybridized carbons (Fsp3) is 0.500. The first-order chi connectivity index (χ1) is 18.9. The van der Waals surface area contributed by atoms with Gasteiger partial charge in [-0.1, -0.05) is 6.07 Å². The van der Waals surface area contributed by atoms with Crippen LogP contribution in [0.25, 0.3) is 22.2 Å². The van der Waals surface area contributed by atoms with Gasteiger partial charge in [0.25, 0.3) is 5.91 Å². The Morgan fingerprint density at radius 2 is 1.90 bits per heavy atom. The highest BCUT2D eigenvalue weighted by Gasteiger charge is 2.37. The van der Waals surface area contributed by atoms with E-state index in [9.17, 15) is 14.7 Å². The first-order valence-electron chi connectivity index (χ1n) is 13.6. The Kier molecular flexibility index (Phi) is 7.26. The molecular formula is C30H38N4O6. The van der Waals surface area contributed by atoms with Gasteiger partial charge in [0.2, 0.25) is 0 Å². The third-order valence-electron chi connectivity index (χ3n) is 7.35. The molecular weight excluding hydrogens is 512 g/mol. The molecule has 0 spiro atoms. The Morgan fingerprint density at radius 3 is 2.60 bits per heavy atom. The molecule has 0 aliphatic carbocycles. The Balaban J connectivity index is 1.62. The van der Waals surface area contributed by atoms with Gasteiger partial charge in [-0.2, -0.15) is 0 Å². The number of carbonyl (C=O) groups is 2. The minimum absolute atomic E-state index is 0.303. The lowest BCUT2D eigenvalue weighted by atomic mass is 9.86. The second-order valence-corrected chi connectivity index (χ2v) is 12.0. The highest BCUT2D eigenvalue weighted by molar-refractivity contribution is 5.88. The molecule has 1 fully saturated rings. The molecule has 3 aromatic rings. The maximum atomic E-state index is 13.3. The lowest BCUT2D eigenvalue weighted by Crippen LogP contribution is -2.48. The number of benzene rings is 1. The molecule has 10 nitrogen and oxygen atoms in total. The van der Waals surface area contributed by atoms with E-state index in [4.69, 9.17) is 14.2 Å². The standard InChI is InChI=1S/C30H38N4O6/c1-29(2,3)40-28(36)34-9-10-39-17-24(34)21-12-19(20-13-22-25(38-6)15-32-26(22)31-14-20)11-18-7-8-33(16-23(18)21)27(35)30(4,5)37/h11-15,24,37H,7-10,16-17H2,1-6H3,(H,31,32)/t24-/m0/s1. The van der Waals surface area contributed by atoms with Gasteiger partial charge in [0.15, 0.2) is 0 Å². The van der Waals surface area contributed by atoms with Crippen molar-refractivity contribution in [3.05, 3.63) is 47.3 Å². The van der Waals surface area contributed by atoms with Crippen molar-refractivity contribution in [2.75, 3.05) is 33.4 Å². The van der Waals surface area contributed by atoms with E-state index < -0.39 is 23.3 Å². The maximum Gasteiger partial charge on any atom is 0.410 e. The molecule has 0 radical (unpaired) electrons. The van der Waals surface area contributed by atoms with Crippen LogP contribution in [0.4, 0.5) is 4.79 Å². The predicted molar refractivity (Wildman–Crippen MR) is 150 cm³/mol. The highest BCUT2D eigenvalue weighted by atomic mass is 16.6. The number of carbonyl (C=O) groups excluding carboxylic acids is 2. The van der Waals surface area contributed by atoms with Crippen LogP contribution in [0.1, 0.15) is 57.4 Å². The predicted octanol–water partition coefficient (Wildman–Crippen LogP) is 4.20. The number of ether oxygens (including phenoxy) is 3. The number of hydrogen-bond acceptors (Lipinski definition) is 7. The van der Waals surface area contributed by atoms with Crippen LogP contribution < -0.4 is 4.74 Å². The average molecular weight is 551 g/mol. The molecule has 0 bridgehead atoms. The smallest absolute Gasteiger partial charge is 0.410 e. The number of H-pyrrole nitrogens is 1. The van der Waals surface area contributed by atoms with Crippen LogP contribution in [0.5, 0.6) is 5.75 Å². The van der Waals surface area contributed by atoms with Gasteiger partial charge in [-0.25, -0.2) is 9.78 Å². The minimum atomic E-state index is -1.48. The number of amides is 2. The quantitative estimate of drug-likeness (QED) is 0.500. The number of fused-ring (bicyclic) bond motifs is 2. The Labute approximate surface area is 234 Å². The van der Waals surface area contributed by atoms with E-state index in [1.165, 1.54) is 13.8 Å². The Hall–Kier alpha value is -3.63. The van der Waals surface area contributed by atoms with E-state index in [1.807, 2.05) is 33.0 Å². The Morgan fingerprint density at radius 1 is 1.12 bits per heavy atom. The molecule has 214 valence electrons. The van der Waals surface area contributed by atoms with Crippen LogP contribution in [0.15, 0.2) is 30.6 Å². The third-order valence-corrected chi connectivity index (χ3v) is 7.35. The molecule has 10 heteroatoms. The van der Waals surface area contributed by atoms with Gasteiger partial charge < -0.3 is 29.2 Å². The maximum absolute atomic E-state index is 13.3. The summed E-state index contributed by atoms with van der Waals surface area (Å²) >= 11 is 0. The molecule has 0 saturated carbocycles. The van der Waals surface area contributed by atoms with Crippen molar-refractivity contribution in [2.45, 2.75) is 64.8 Å². The molecule has 40 heavy (non-hydrogen) atoms. The highest BCUT2D eigenvalue weighted by Crippen LogP contribution is 2.38. The normalized spacial score (nSPS) is 18.0. The first-order valence-corrected chi connectivity index (χ1v) is 13.6. The number of aromatic amines is 1. The van der Waals surface area contributed by atoms with Gasteiger partial charge >= 0.3 is 6.09 Å². The summed E-state index contributed by atoms with van der Waals surface area (Å²) in [7, 11) is 1.63. The van der Waals surface area contributed by atoms with Crippen molar-refractivity contribution in [2.24, 2.45) is 0 Å². The van der Waals surface area contributed by atoms with Crippen LogP contribution >= 0.6 is 0 Å². The van der Waals surface area contributed by atoms with E-state index in [2.05, 4.69) is 22.1 Å². The zero-order valence-electron chi connectivity index (χ0n) is 24.0. The van der Waals surface area contributed by atoms with Gasteiger partial charge in [0.05, 0.1) is 31.8 Å². The summed E-state index contributed by atoms with van der Waals surface area (Å²) in [6.45, 7) is 10.5. The fourth-order valence-electron chi connectivity index (χ4n) is 5.43. The monoisotopic (exact) mass is 550 g/mol. The van der Waals surface area contributed by atoms with E-state index in [1.54, 1.807) is 23.1 Å². The number of nitrogens with one attached hydrogen (secondary N) is 1. The third kappa shape index (κ3) is 5.51. The Bertz CT molecular complexity index is 1430. The van der Waals surface area contributed by atoms with E-state index in [0.717, 1.165) is 38.9 Å². The second kappa shape index (κ2) is 10.4. The molecule has 5 rings (SSSR count). The molecule has 2 aliphatic rings. The van der Waals surface area contributed by atoms with Crippen LogP contribution in [-0.4, -0.2) is 81.5 Å². The molecule has 1 atom stereocenters. The van der Waals surface area contributed by atoms with Crippen molar-refractivity contribution >= 4 is 23.0 Å². The van der Waals surface area contributed by atoms with E-state index >= 15 is 0 Å². The van der Waals surface area contributed by atoms with Crippen LogP contribution in [0.3, 0.4) is 0 Å². The summed E-state index contributed by atoms with van der Waals surface area (Å²) in [6, 6.07) is 5.83.